The van der Waals surface area contributed by atoms with E-state index in [-0.39, 0.29) is 0 Å². The van der Waals surface area contributed by atoms with Gasteiger partial charge in [-0.25, -0.2) is 19.9 Å². The van der Waals surface area contributed by atoms with Crippen LogP contribution in [0.1, 0.15) is 31.7 Å². The van der Waals surface area contributed by atoms with Gasteiger partial charge >= 0.3 is 0 Å². The lowest BCUT2D eigenvalue weighted by atomic mass is 9.89. The Balaban J connectivity index is 1.12. The second-order valence-electron chi connectivity index (χ2n) is 11.3. The number of hydrogen-bond acceptors (Lipinski definition) is 8. The molecular weight excluding hydrogens is 534 g/mol. The molecule has 7 rings (SSSR count). The number of nitrogens with two attached hydrogens (primary N) is 1. The van der Waals surface area contributed by atoms with Crippen molar-refractivity contribution >= 4 is 51.0 Å². The Morgan fingerprint density at radius 2 is 1.66 bits per heavy atom. The number of nitrogens with one attached hydrogen (secondary N) is 1. The predicted molar refractivity (Wildman–Crippen MR) is 166 cm³/mol. The molecule has 3 aromatic heterocycles. The number of halogens is 1. The van der Waals surface area contributed by atoms with Gasteiger partial charge in [0.25, 0.3) is 0 Å². The highest BCUT2D eigenvalue weighted by atomic mass is 35.5. The van der Waals surface area contributed by atoms with E-state index < -0.39 is 0 Å². The minimum Gasteiger partial charge on any atom is -0.383 e. The first-order valence-corrected chi connectivity index (χ1v) is 14.7. The number of fused-ring (bicyclic) bond motifs is 2. The number of rotatable bonds is 5. The van der Waals surface area contributed by atoms with E-state index in [9.17, 15) is 0 Å². The topological polar surface area (TPSA) is 101 Å². The molecule has 2 aliphatic rings. The zero-order valence-electron chi connectivity index (χ0n) is 23.2. The van der Waals surface area contributed by atoms with Crippen LogP contribution in [0.25, 0.3) is 33.1 Å². The maximum atomic E-state index is 6.44. The molecule has 1 saturated carbocycles. The van der Waals surface area contributed by atoms with Gasteiger partial charge in [0.15, 0.2) is 0 Å². The monoisotopic (exact) mass is 567 g/mol. The molecule has 2 aromatic carbocycles. The Morgan fingerprint density at radius 1 is 0.902 bits per heavy atom. The summed E-state index contributed by atoms with van der Waals surface area (Å²) in [5, 5.41) is 5.82. The summed E-state index contributed by atoms with van der Waals surface area (Å²) < 4.78 is 2.35. The quantitative estimate of drug-likeness (QED) is 0.277. The minimum atomic E-state index is 0.406. The van der Waals surface area contributed by atoms with Gasteiger partial charge in [-0.1, -0.05) is 23.7 Å². The van der Waals surface area contributed by atoms with Crippen LogP contribution >= 0.6 is 11.6 Å². The first-order chi connectivity index (χ1) is 20.0. The second-order valence-corrected chi connectivity index (χ2v) is 11.7. The fourth-order valence-corrected chi connectivity index (χ4v) is 6.58. The van der Waals surface area contributed by atoms with Crippen LogP contribution in [0.5, 0.6) is 0 Å². The summed E-state index contributed by atoms with van der Waals surface area (Å²) in [7, 11) is 2.22. The summed E-state index contributed by atoms with van der Waals surface area (Å²) >= 11 is 6.15. The van der Waals surface area contributed by atoms with Crippen LogP contribution in [0, 0.1) is 0 Å². The molecule has 0 spiro atoms. The van der Waals surface area contributed by atoms with Crippen molar-refractivity contribution in [3.8, 4) is 11.1 Å². The normalized spacial score (nSPS) is 20.5. The number of hydrogen-bond donors (Lipinski definition) is 2. The van der Waals surface area contributed by atoms with Crippen LogP contribution < -0.4 is 11.1 Å². The van der Waals surface area contributed by atoms with Crippen molar-refractivity contribution < 1.29 is 0 Å². The highest BCUT2D eigenvalue weighted by Gasteiger charge is 2.30. The Morgan fingerprint density at radius 3 is 2.44 bits per heavy atom. The predicted octanol–water partition coefficient (Wildman–Crippen LogP) is 5.75. The lowest BCUT2D eigenvalue weighted by Crippen LogP contribution is -2.49. The molecule has 1 aliphatic carbocycles. The summed E-state index contributed by atoms with van der Waals surface area (Å²) in [5.41, 5.74) is 11.2. The van der Waals surface area contributed by atoms with E-state index in [1.165, 1.54) is 39.0 Å². The standard InChI is InChI=1S/C31H34ClN9/c1-39-12-14-40(15-13-39)24-8-10-25(11-9-24)41-18-26(28-29(33)35-19-36-30(28)41)20-3-6-23(7-4-20)37-31-34-17-21-2-5-22(32)16-27(21)38-31/h2-7,16-19,24-25H,8-15H2,1H3,(H2,33,35,36)(H,34,37,38). The van der Waals surface area contributed by atoms with Crippen LogP contribution in [0.4, 0.5) is 17.5 Å². The van der Waals surface area contributed by atoms with Gasteiger partial charge in [-0.15, -0.1) is 0 Å². The van der Waals surface area contributed by atoms with E-state index in [2.05, 4.69) is 60.0 Å². The maximum absolute atomic E-state index is 6.44. The first kappa shape index (κ1) is 26.1. The fraction of sp³-hybridized carbons (Fsp3) is 0.355. The Hall–Kier alpha value is -3.79. The minimum absolute atomic E-state index is 0.406. The highest BCUT2D eigenvalue weighted by Crippen LogP contribution is 2.39. The van der Waals surface area contributed by atoms with E-state index in [0.717, 1.165) is 51.6 Å². The van der Waals surface area contributed by atoms with Crippen molar-refractivity contribution in [2.45, 2.75) is 37.8 Å². The lowest BCUT2D eigenvalue weighted by molar-refractivity contribution is 0.0828. The van der Waals surface area contributed by atoms with E-state index >= 15 is 0 Å². The summed E-state index contributed by atoms with van der Waals surface area (Å²) in [4.78, 5) is 23.2. The number of piperazine rings is 1. The maximum Gasteiger partial charge on any atom is 0.227 e. The molecular formula is C31H34ClN9. The van der Waals surface area contributed by atoms with Crippen LogP contribution in [0.15, 0.2) is 61.2 Å². The second kappa shape index (κ2) is 10.9. The molecule has 1 aliphatic heterocycles. The molecule has 5 aromatic rings. The van der Waals surface area contributed by atoms with Crippen LogP contribution in [0.3, 0.4) is 0 Å². The fourth-order valence-electron chi connectivity index (χ4n) is 6.41. The number of anilines is 3. The summed E-state index contributed by atoms with van der Waals surface area (Å²) in [6, 6.07) is 14.9. The third kappa shape index (κ3) is 5.21. The van der Waals surface area contributed by atoms with Crippen molar-refractivity contribution in [3.63, 3.8) is 0 Å². The first-order valence-electron chi connectivity index (χ1n) is 14.4. The molecule has 41 heavy (non-hydrogen) atoms. The average molecular weight is 568 g/mol. The smallest absolute Gasteiger partial charge is 0.227 e. The third-order valence-electron chi connectivity index (χ3n) is 8.75. The molecule has 3 N–H and O–H groups in total. The van der Waals surface area contributed by atoms with E-state index in [1.54, 1.807) is 12.5 Å². The Bertz CT molecular complexity index is 1680. The van der Waals surface area contributed by atoms with Gasteiger partial charge in [0.05, 0.1) is 10.9 Å². The molecule has 0 unspecified atom stereocenters. The van der Waals surface area contributed by atoms with Crippen molar-refractivity contribution in [2.75, 3.05) is 44.3 Å². The zero-order valence-corrected chi connectivity index (χ0v) is 23.9. The van der Waals surface area contributed by atoms with Gasteiger partial charge < -0.3 is 20.5 Å². The Kier molecular flexibility index (Phi) is 6.94. The van der Waals surface area contributed by atoms with E-state index in [1.807, 2.05) is 30.3 Å². The average Bonchev–Trinajstić information content (AvgIpc) is 3.39. The zero-order chi connectivity index (χ0) is 27.9. The van der Waals surface area contributed by atoms with Gasteiger partial charge in [-0.2, -0.15) is 0 Å². The molecule has 2 fully saturated rings. The van der Waals surface area contributed by atoms with E-state index in [0.29, 0.717) is 28.9 Å². The van der Waals surface area contributed by atoms with Crippen LogP contribution in [-0.4, -0.2) is 73.6 Å². The van der Waals surface area contributed by atoms with Gasteiger partial charge in [-0.3, -0.25) is 4.90 Å². The molecule has 1 saturated heterocycles. The van der Waals surface area contributed by atoms with Crippen molar-refractivity contribution in [1.82, 2.24) is 34.3 Å². The number of aromatic nitrogens is 5. The molecule has 0 radical (unpaired) electrons. The summed E-state index contributed by atoms with van der Waals surface area (Å²) in [6.45, 7) is 4.69. The van der Waals surface area contributed by atoms with Crippen molar-refractivity contribution in [2.24, 2.45) is 0 Å². The highest BCUT2D eigenvalue weighted by molar-refractivity contribution is 6.31. The molecule has 0 atom stereocenters. The Labute approximate surface area is 244 Å². The van der Waals surface area contributed by atoms with Gasteiger partial charge in [0.1, 0.15) is 17.8 Å². The van der Waals surface area contributed by atoms with E-state index in [4.69, 9.17) is 22.3 Å². The van der Waals surface area contributed by atoms with Crippen molar-refractivity contribution in [3.05, 3.63) is 66.2 Å². The molecule has 0 bridgehead atoms. The summed E-state index contributed by atoms with van der Waals surface area (Å²) in [6.07, 6.45) is 10.3. The van der Waals surface area contributed by atoms with Crippen LogP contribution in [-0.2, 0) is 0 Å². The summed E-state index contributed by atoms with van der Waals surface area (Å²) in [5.74, 6) is 1.04. The van der Waals surface area contributed by atoms with Gasteiger partial charge in [0.2, 0.25) is 5.95 Å². The molecule has 10 heteroatoms. The van der Waals surface area contributed by atoms with Crippen LogP contribution in [0.2, 0.25) is 5.02 Å². The molecule has 4 heterocycles. The number of nitrogens with zero attached hydrogens (tertiary/aromatic N) is 7. The molecule has 0 amide bonds. The lowest BCUT2D eigenvalue weighted by Gasteiger charge is -2.41. The van der Waals surface area contributed by atoms with Gasteiger partial charge in [0, 0.05) is 72.3 Å². The number of nitrogen functional groups attached to an aromatic ring is 1. The number of likely N-dealkylation sites (N-methyl/N-ethyl adjacent to an activating group) is 1. The number of benzene rings is 2. The molecule has 9 nitrogen and oxygen atoms in total. The van der Waals surface area contributed by atoms with Crippen molar-refractivity contribution in [1.29, 1.82) is 0 Å². The SMILES string of the molecule is CN1CCN(C2CCC(n3cc(-c4ccc(Nc5ncc6ccc(Cl)cc6n5)cc4)c4c(N)ncnc43)CC2)CC1. The molecule has 210 valence electrons. The van der Waals surface area contributed by atoms with Gasteiger partial charge in [-0.05, 0) is 68.6 Å². The largest absolute Gasteiger partial charge is 0.383 e. The third-order valence-corrected chi connectivity index (χ3v) is 8.98.